The van der Waals surface area contributed by atoms with Crippen molar-refractivity contribution in [3.05, 3.63) is 51.7 Å². The van der Waals surface area contributed by atoms with Gasteiger partial charge < -0.3 is 0 Å². The minimum Gasteiger partial charge on any atom is -0.278 e. The Morgan fingerprint density at radius 1 is 1.26 bits per heavy atom. The Kier molecular flexibility index (Phi) is 4.13. The van der Waals surface area contributed by atoms with Gasteiger partial charge in [-0.05, 0) is 37.3 Å². The lowest BCUT2D eigenvalue weighted by Crippen LogP contribution is -2.13. The summed E-state index contributed by atoms with van der Waals surface area (Å²) in [5, 5.41) is 0.155. The van der Waals surface area contributed by atoms with Crippen LogP contribution in [-0.4, -0.2) is 13.4 Å². The van der Waals surface area contributed by atoms with Crippen LogP contribution < -0.4 is 4.72 Å². The van der Waals surface area contributed by atoms with Crippen LogP contribution in [0.4, 0.5) is 5.69 Å². The Morgan fingerprint density at radius 3 is 2.58 bits per heavy atom. The molecule has 0 atom stereocenters. The molecule has 0 fully saturated rings. The Hall–Kier alpha value is -1.11. The number of aryl methyl sites for hydroxylation is 1. The minimum absolute atomic E-state index is 0.0259. The molecule has 4 nitrogen and oxygen atoms in total. The molecule has 0 aliphatic carbocycles. The topological polar surface area (TPSA) is 59.1 Å². The van der Waals surface area contributed by atoms with Crippen molar-refractivity contribution in [2.24, 2.45) is 0 Å². The summed E-state index contributed by atoms with van der Waals surface area (Å²) < 4.78 is 27.5. The maximum atomic E-state index is 12.2. The van der Waals surface area contributed by atoms with Crippen LogP contribution in [-0.2, 0) is 10.0 Å². The van der Waals surface area contributed by atoms with E-state index in [9.17, 15) is 8.42 Å². The summed E-state index contributed by atoms with van der Waals surface area (Å²) in [6.45, 7) is 1.82. The van der Waals surface area contributed by atoms with Gasteiger partial charge in [0.1, 0.15) is 4.90 Å². The summed E-state index contributed by atoms with van der Waals surface area (Å²) in [6.07, 6.45) is 1.46. The molecule has 0 bridgehead atoms. The molecule has 0 saturated carbocycles. The van der Waals surface area contributed by atoms with E-state index in [1.807, 2.05) is 6.92 Å². The zero-order chi connectivity index (χ0) is 14.0. The van der Waals surface area contributed by atoms with Gasteiger partial charge in [0.15, 0.2) is 0 Å². The molecule has 1 aromatic carbocycles. The number of pyridine rings is 1. The van der Waals surface area contributed by atoms with Crippen molar-refractivity contribution < 1.29 is 8.42 Å². The third-order valence-electron chi connectivity index (χ3n) is 2.35. The van der Waals surface area contributed by atoms with Gasteiger partial charge >= 0.3 is 0 Å². The van der Waals surface area contributed by atoms with Crippen LogP contribution >= 0.6 is 27.5 Å². The van der Waals surface area contributed by atoms with Gasteiger partial charge in [0, 0.05) is 10.2 Å². The summed E-state index contributed by atoms with van der Waals surface area (Å²) in [6, 6.07) is 7.96. The number of anilines is 1. The number of nitrogens with one attached hydrogen (secondary N) is 1. The number of rotatable bonds is 3. The molecule has 7 heteroatoms. The molecule has 1 N–H and O–H groups in total. The molecule has 0 radical (unpaired) electrons. The van der Waals surface area contributed by atoms with E-state index in [4.69, 9.17) is 11.6 Å². The van der Waals surface area contributed by atoms with Crippen molar-refractivity contribution in [1.82, 2.24) is 4.98 Å². The Labute approximate surface area is 125 Å². The molecule has 19 heavy (non-hydrogen) atoms. The first-order chi connectivity index (χ1) is 8.88. The Bertz CT molecular complexity index is 702. The number of hydrogen-bond donors (Lipinski definition) is 1. The van der Waals surface area contributed by atoms with E-state index >= 15 is 0 Å². The average molecular weight is 362 g/mol. The maximum Gasteiger partial charge on any atom is 0.263 e. The summed E-state index contributed by atoms with van der Waals surface area (Å²) in [7, 11) is -3.72. The molecule has 1 heterocycles. The van der Waals surface area contributed by atoms with Crippen LogP contribution in [0, 0.1) is 6.92 Å². The Balaban J connectivity index is 2.35. The van der Waals surface area contributed by atoms with Crippen molar-refractivity contribution >= 4 is 43.2 Å². The first kappa shape index (κ1) is 14.3. The third kappa shape index (κ3) is 3.46. The monoisotopic (exact) mass is 360 g/mol. The van der Waals surface area contributed by atoms with Gasteiger partial charge in [0.2, 0.25) is 0 Å². The molecule has 0 aliphatic heterocycles. The lowest BCUT2D eigenvalue weighted by Gasteiger charge is -2.09. The van der Waals surface area contributed by atoms with Crippen LogP contribution in [0.15, 0.2) is 45.9 Å². The highest BCUT2D eigenvalue weighted by Gasteiger charge is 2.18. The first-order valence-electron chi connectivity index (χ1n) is 5.29. The van der Waals surface area contributed by atoms with Crippen molar-refractivity contribution in [3.8, 4) is 0 Å². The number of sulfonamides is 1. The third-order valence-corrected chi connectivity index (χ3v) is 4.70. The molecule has 2 aromatic rings. The van der Waals surface area contributed by atoms with E-state index in [1.165, 1.54) is 18.3 Å². The molecular formula is C12H10BrClN2O2S. The van der Waals surface area contributed by atoms with E-state index in [2.05, 4.69) is 25.6 Å². The molecule has 0 saturated heterocycles. The fraction of sp³-hybridized carbons (Fsp3) is 0.0833. The molecule has 0 spiro atoms. The zero-order valence-corrected chi connectivity index (χ0v) is 13.1. The van der Waals surface area contributed by atoms with Gasteiger partial charge in [-0.15, -0.1) is 0 Å². The summed E-state index contributed by atoms with van der Waals surface area (Å²) in [5.41, 5.74) is 1.20. The summed E-state index contributed by atoms with van der Waals surface area (Å²) >= 11 is 9.17. The lowest BCUT2D eigenvalue weighted by molar-refractivity contribution is 0.601. The van der Waals surface area contributed by atoms with Crippen molar-refractivity contribution in [1.29, 1.82) is 0 Å². The van der Waals surface area contributed by atoms with E-state index in [-0.39, 0.29) is 9.92 Å². The largest absolute Gasteiger partial charge is 0.278 e. The smallest absolute Gasteiger partial charge is 0.263 e. The van der Waals surface area contributed by atoms with Gasteiger partial charge in [0.05, 0.1) is 16.9 Å². The van der Waals surface area contributed by atoms with E-state index in [0.29, 0.717) is 10.2 Å². The summed E-state index contributed by atoms with van der Waals surface area (Å²) in [4.78, 5) is 4.05. The van der Waals surface area contributed by atoms with Gasteiger partial charge in [-0.2, -0.15) is 0 Å². The second-order valence-corrected chi connectivity index (χ2v) is 6.84. The quantitative estimate of drug-likeness (QED) is 0.908. The maximum absolute atomic E-state index is 12.2. The van der Waals surface area contributed by atoms with Crippen LogP contribution in [0.5, 0.6) is 0 Å². The van der Waals surface area contributed by atoms with Gasteiger partial charge in [-0.3, -0.25) is 9.71 Å². The minimum atomic E-state index is -3.72. The molecule has 0 aliphatic rings. The Morgan fingerprint density at radius 2 is 2.00 bits per heavy atom. The lowest BCUT2D eigenvalue weighted by atomic mass is 10.4. The molecular weight excluding hydrogens is 352 g/mol. The van der Waals surface area contributed by atoms with Gasteiger partial charge in [0.25, 0.3) is 10.0 Å². The van der Waals surface area contributed by atoms with Crippen LogP contribution in [0.25, 0.3) is 0 Å². The number of halogens is 2. The van der Waals surface area contributed by atoms with E-state index in [0.717, 1.165) is 5.69 Å². The second kappa shape index (κ2) is 5.48. The predicted octanol–water partition coefficient (Wildman–Crippen LogP) is 3.61. The molecule has 0 unspecified atom stereocenters. The van der Waals surface area contributed by atoms with Gasteiger partial charge in [-0.25, -0.2) is 8.42 Å². The fourth-order valence-electron chi connectivity index (χ4n) is 1.43. The number of benzene rings is 1. The van der Waals surface area contributed by atoms with Crippen LogP contribution in [0.2, 0.25) is 5.02 Å². The van der Waals surface area contributed by atoms with Crippen LogP contribution in [0.1, 0.15) is 5.69 Å². The number of hydrogen-bond acceptors (Lipinski definition) is 3. The zero-order valence-electron chi connectivity index (χ0n) is 9.89. The van der Waals surface area contributed by atoms with Gasteiger partial charge in [-0.1, -0.05) is 27.5 Å². The van der Waals surface area contributed by atoms with Crippen molar-refractivity contribution in [2.75, 3.05) is 4.72 Å². The highest BCUT2D eigenvalue weighted by Crippen LogP contribution is 2.26. The molecule has 1 aromatic heterocycles. The van der Waals surface area contributed by atoms with Crippen molar-refractivity contribution in [2.45, 2.75) is 11.8 Å². The number of aromatic nitrogens is 1. The highest BCUT2D eigenvalue weighted by molar-refractivity contribution is 9.10. The average Bonchev–Trinajstić information content (AvgIpc) is 2.31. The predicted molar refractivity (Wildman–Crippen MR) is 78.9 cm³/mol. The summed E-state index contributed by atoms with van der Waals surface area (Å²) in [5.74, 6) is 0. The van der Waals surface area contributed by atoms with Crippen molar-refractivity contribution in [3.63, 3.8) is 0 Å². The number of nitrogens with zero attached hydrogens (tertiary/aromatic N) is 1. The molecule has 2 rings (SSSR count). The molecule has 0 amide bonds. The normalized spacial score (nSPS) is 11.3. The second-order valence-electron chi connectivity index (χ2n) is 3.87. The SMILES string of the molecule is Cc1ccc(NS(=O)(=O)c2ccc(Br)cc2Cl)cn1. The fourth-order valence-corrected chi connectivity index (χ4v) is 3.51. The van der Waals surface area contributed by atoms with E-state index in [1.54, 1.807) is 18.2 Å². The standard InChI is InChI=1S/C12H10BrClN2O2S/c1-8-2-4-10(7-15-8)16-19(17,18)12-5-3-9(13)6-11(12)14/h2-7,16H,1H3. The molecule has 100 valence electrons. The van der Waals surface area contributed by atoms with E-state index < -0.39 is 10.0 Å². The first-order valence-corrected chi connectivity index (χ1v) is 7.94. The van der Waals surface area contributed by atoms with Crippen LogP contribution in [0.3, 0.4) is 0 Å². The highest BCUT2D eigenvalue weighted by atomic mass is 79.9.